The van der Waals surface area contributed by atoms with Gasteiger partial charge in [0.2, 0.25) is 5.91 Å². The lowest BCUT2D eigenvalue weighted by Gasteiger charge is -2.09. The third kappa shape index (κ3) is 4.27. The van der Waals surface area contributed by atoms with Gasteiger partial charge in [-0.05, 0) is 51.8 Å². The van der Waals surface area contributed by atoms with E-state index >= 15 is 0 Å². The average molecular weight is 365 g/mol. The molecule has 108 valence electrons. The summed E-state index contributed by atoms with van der Waals surface area (Å²) in [5.74, 6) is -0.0355. The van der Waals surface area contributed by atoms with E-state index in [0.717, 1.165) is 11.1 Å². The molecule has 0 atom stereocenters. The molecule has 6 heteroatoms. The highest BCUT2D eigenvalue weighted by atomic mass is 79.9. The maximum Gasteiger partial charge on any atom is 0.228 e. The first-order chi connectivity index (χ1) is 9.95. The Kier molecular flexibility index (Phi) is 4.93. The molecular formula is C15H13BrN2O2S. The second-order valence-corrected chi connectivity index (χ2v) is 5.75. The van der Waals surface area contributed by atoms with Crippen molar-refractivity contribution in [2.75, 3.05) is 5.32 Å². The molecule has 0 bridgehead atoms. The summed E-state index contributed by atoms with van der Waals surface area (Å²) in [6, 6.07) is 11.8. The predicted molar refractivity (Wildman–Crippen MR) is 90.5 cm³/mol. The molecule has 0 fully saturated rings. The van der Waals surface area contributed by atoms with Crippen LogP contribution in [0.2, 0.25) is 0 Å². The number of nitrogens with one attached hydrogen (secondary N) is 1. The minimum Gasteiger partial charge on any atom is -0.508 e. The molecular weight excluding hydrogens is 352 g/mol. The van der Waals surface area contributed by atoms with Crippen LogP contribution < -0.4 is 11.1 Å². The third-order valence-corrected chi connectivity index (χ3v) is 3.69. The van der Waals surface area contributed by atoms with Crippen molar-refractivity contribution in [1.82, 2.24) is 0 Å². The number of amides is 1. The van der Waals surface area contributed by atoms with Crippen molar-refractivity contribution in [3.8, 4) is 5.75 Å². The smallest absolute Gasteiger partial charge is 0.228 e. The number of rotatable bonds is 4. The highest BCUT2D eigenvalue weighted by Gasteiger charge is 2.08. The van der Waals surface area contributed by atoms with Gasteiger partial charge in [-0.25, -0.2) is 0 Å². The number of hydrogen-bond donors (Lipinski definition) is 3. The molecule has 0 heterocycles. The molecule has 0 unspecified atom stereocenters. The highest BCUT2D eigenvalue weighted by molar-refractivity contribution is 9.10. The summed E-state index contributed by atoms with van der Waals surface area (Å²) < 4.78 is 0.706. The largest absolute Gasteiger partial charge is 0.508 e. The quantitative estimate of drug-likeness (QED) is 0.729. The SMILES string of the molecule is NC(=S)c1ccc(NC(=O)Cc2cccc(O)c2)c(Br)c1. The fourth-order valence-electron chi connectivity index (χ4n) is 1.82. The molecule has 0 radical (unpaired) electrons. The van der Waals surface area contributed by atoms with Gasteiger partial charge in [-0.1, -0.05) is 24.4 Å². The lowest BCUT2D eigenvalue weighted by atomic mass is 10.1. The summed E-state index contributed by atoms with van der Waals surface area (Å²) >= 11 is 8.27. The number of phenols is 1. The molecule has 0 spiro atoms. The average Bonchev–Trinajstić information content (AvgIpc) is 2.40. The van der Waals surface area contributed by atoms with Crippen LogP contribution in [0.25, 0.3) is 0 Å². The third-order valence-electron chi connectivity index (χ3n) is 2.80. The number of nitrogens with two attached hydrogens (primary N) is 1. The normalized spacial score (nSPS) is 10.1. The number of aromatic hydroxyl groups is 1. The second kappa shape index (κ2) is 6.69. The molecule has 1 amide bonds. The lowest BCUT2D eigenvalue weighted by molar-refractivity contribution is -0.115. The molecule has 4 nitrogen and oxygen atoms in total. The molecule has 21 heavy (non-hydrogen) atoms. The van der Waals surface area contributed by atoms with E-state index in [1.54, 1.807) is 42.5 Å². The van der Waals surface area contributed by atoms with Gasteiger partial charge in [-0.15, -0.1) is 0 Å². The van der Waals surface area contributed by atoms with Gasteiger partial charge in [0, 0.05) is 10.0 Å². The molecule has 0 saturated carbocycles. The summed E-state index contributed by atoms with van der Waals surface area (Å²) in [6.07, 6.45) is 0.178. The first-order valence-electron chi connectivity index (χ1n) is 6.13. The van der Waals surface area contributed by atoms with Gasteiger partial charge in [0.25, 0.3) is 0 Å². The van der Waals surface area contributed by atoms with Crippen molar-refractivity contribution >= 4 is 44.7 Å². The topological polar surface area (TPSA) is 75.3 Å². The predicted octanol–water partition coefficient (Wildman–Crippen LogP) is 2.97. The van der Waals surface area contributed by atoms with Crippen LogP contribution in [-0.4, -0.2) is 16.0 Å². The van der Waals surface area contributed by atoms with Crippen LogP contribution in [0.5, 0.6) is 5.75 Å². The van der Waals surface area contributed by atoms with E-state index in [1.165, 1.54) is 0 Å². The standard InChI is InChI=1S/C15H13BrN2O2S/c16-12-8-10(15(17)21)4-5-13(12)18-14(20)7-9-2-1-3-11(19)6-9/h1-6,8,19H,7H2,(H2,17,21)(H,18,20). The van der Waals surface area contributed by atoms with Crippen molar-refractivity contribution in [1.29, 1.82) is 0 Å². The van der Waals surface area contributed by atoms with E-state index < -0.39 is 0 Å². The Balaban J connectivity index is 2.08. The molecule has 0 aliphatic carbocycles. The maximum absolute atomic E-state index is 12.0. The number of carbonyl (C=O) groups excluding carboxylic acids is 1. The lowest BCUT2D eigenvalue weighted by Crippen LogP contribution is -2.15. The second-order valence-electron chi connectivity index (χ2n) is 4.45. The Labute approximate surface area is 136 Å². The van der Waals surface area contributed by atoms with Crippen molar-refractivity contribution in [3.63, 3.8) is 0 Å². The van der Waals surface area contributed by atoms with E-state index in [9.17, 15) is 9.90 Å². The number of anilines is 1. The molecule has 2 aromatic carbocycles. The van der Waals surface area contributed by atoms with Crippen LogP contribution in [0.3, 0.4) is 0 Å². The van der Waals surface area contributed by atoms with E-state index in [1.807, 2.05) is 0 Å². The Bertz CT molecular complexity index is 704. The first kappa shape index (κ1) is 15.5. The molecule has 0 saturated heterocycles. The Morgan fingerprint density at radius 1 is 1.29 bits per heavy atom. The molecule has 4 N–H and O–H groups in total. The Hall–Kier alpha value is -1.92. The van der Waals surface area contributed by atoms with Gasteiger partial charge in [0.05, 0.1) is 12.1 Å². The van der Waals surface area contributed by atoms with Gasteiger partial charge >= 0.3 is 0 Å². The van der Waals surface area contributed by atoms with Crippen molar-refractivity contribution in [2.45, 2.75) is 6.42 Å². The fourth-order valence-corrected chi connectivity index (χ4v) is 2.42. The zero-order valence-corrected chi connectivity index (χ0v) is 13.4. The number of benzene rings is 2. The first-order valence-corrected chi connectivity index (χ1v) is 7.33. The summed E-state index contributed by atoms with van der Waals surface area (Å²) in [7, 11) is 0. The number of hydrogen-bond acceptors (Lipinski definition) is 3. The molecule has 0 aromatic heterocycles. The van der Waals surface area contributed by atoms with Crippen LogP contribution in [-0.2, 0) is 11.2 Å². The highest BCUT2D eigenvalue weighted by Crippen LogP contribution is 2.24. The summed E-state index contributed by atoms with van der Waals surface area (Å²) in [5, 5.41) is 12.2. The van der Waals surface area contributed by atoms with Crippen molar-refractivity contribution in [2.24, 2.45) is 5.73 Å². The van der Waals surface area contributed by atoms with Crippen LogP contribution in [0, 0.1) is 0 Å². The van der Waals surface area contributed by atoms with E-state index in [0.29, 0.717) is 15.1 Å². The van der Waals surface area contributed by atoms with Crippen LogP contribution >= 0.6 is 28.1 Å². The van der Waals surface area contributed by atoms with Gasteiger partial charge in [-0.3, -0.25) is 4.79 Å². The zero-order valence-electron chi connectivity index (χ0n) is 11.0. The fraction of sp³-hybridized carbons (Fsp3) is 0.0667. The van der Waals surface area contributed by atoms with Gasteiger partial charge in [-0.2, -0.15) is 0 Å². The molecule has 0 aliphatic heterocycles. The Morgan fingerprint density at radius 3 is 2.67 bits per heavy atom. The molecule has 0 aliphatic rings. The maximum atomic E-state index is 12.0. The summed E-state index contributed by atoms with van der Waals surface area (Å²) in [4.78, 5) is 12.3. The summed E-state index contributed by atoms with van der Waals surface area (Å²) in [5.41, 5.74) is 7.65. The van der Waals surface area contributed by atoms with Crippen molar-refractivity contribution < 1.29 is 9.90 Å². The molecule has 2 rings (SSSR count). The monoisotopic (exact) mass is 364 g/mol. The zero-order chi connectivity index (χ0) is 15.4. The van der Waals surface area contributed by atoms with E-state index in [4.69, 9.17) is 18.0 Å². The van der Waals surface area contributed by atoms with Crippen LogP contribution in [0.15, 0.2) is 46.9 Å². The number of thiocarbonyl (C=S) groups is 1. The Morgan fingerprint density at radius 2 is 2.05 bits per heavy atom. The van der Waals surface area contributed by atoms with Crippen LogP contribution in [0.1, 0.15) is 11.1 Å². The van der Waals surface area contributed by atoms with Gasteiger partial charge < -0.3 is 16.2 Å². The van der Waals surface area contributed by atoms with Crippen LogP contribution in [0.4, 0.5) is 5.69 Å². The number of halogens is 1. The van der Waals surface area contributed by atoms with Gasteiger partial charge in [0.15, 0.2) is 0 Å². The molecule has 2 aromatic rings. The number of carbonyl (C=O) groups is 1. The minimum atomic E-state index is -0.177. The van der Waals surface area contributed by atoms with Crippen molar-refractivity contribution in [3.05, 3.63) is 58.1 Å². The van der Waals surface area contributed by atoms with Gasteiger partial charge in [0.1, 0.15) is 10.7 Å². The van der Waals surface area contributed by atoms with E-state index in [-0.39, 0.29) is 18.1 Å². The number of phenolic OH excluding ortho intramolecular Hbond substituents is 1. The van der Waals surface area contributed by atoms with E-state index in [2.05, 4.69) is 21.2 Å². The summed E-state index contributed by atoms with van der Waals surface area (Å²) in [6.45, 7) is 0. The minimum absolute atomic E-state index is 0.141.